The summed E-state index contributed by atoms with van der Waals surface area (Å²) in [5.74, 6) is 0.501. The van der Waals surface area contributed by atoms with Crippen molar-refractivity contribution in [3.8, 4) is 5.75 Å². The first-order chi connectivity index (χ1) is 10.0. The third-order valence-corrected chi connectivity index (χ3v) is 3.37. The van der Waals surface area contributed by atoms with Crippen LogP contribution in [0.4, 0.5) is 4.79 Å². The van der Waals surface area contributed by atoms with E-state index in [-0.39, 0.29) is 24.1 Å². The summed E-state index contributed by atoms with van der Waals surface area (Å²) in [5, 5.41) is 2.77. The van der Waals surface area contributed by atoms with Gasteiger partial charge in [0.15, 0.2) is 0 Å². The van der Waals surface area contributed by atoms with Crippen LogP contribution in [0.5, 0.6) is 5.75 Å². The molecule has 1 aromatic rings. The van der Waals surface area contributed by atoms with E-state index in [2.05, 4.69) is 5.32 Å². The van der Waals surface area contributed by atoms with Crippen LogP contribution >= 0.6 is 0 Å². The number of hydrogen-bond acceptors (Lipinski definition) is 4. The SMILES string of the molecule is COc1ccc(C(=O)NCC2CN(C(C)C)C(=O)O2)cc1. The van der Waals surface area contributed by atoms with Crippen LogP contribution in [0.2, 0.25) is 0 Å². The fraction of sp³-hybridized carbons (Fsp3) is 0.467. The largest absolute Gasteiger partial charge is 0.497 e. The van der Waals surface area contributed by atoms with Crippen molar-refractivity contribution in [2.24, 2.45) is 0 Å². The lowest BCUT2D eigenvalue weighted by molar-refractivity contribution is 0.0914. The van der Waals surface area contributed by atoms with Gasteiger partial charge in [-0.05, 0) is 38.1 Å². The van der Waals surface area contributed by atoms with Crippen LogP contribution in [-0.2, 0) is 4.74 Å². The fourth-order valence-corrected chi connectivity index (χ4v) is 2.12. The van der Waals surface area contributed by atoms with Gasteiger partial charge in [0, 0.05) is 11.6 Å². The molecule has 1 N–H and O–H groups in total. The third kappa shape index (κ3) is 3.65. The number of ether oxygens (including phenoxy) is 2. The Bertz CT molecular complexity index is 513. The van der Waals surface area contributed by atoms with Crippen molar-refractivity contribution in [1.82, 2.24) is 10.2 Å². The van der Waals surface area contributed by atoms with Gasteiger partial charge in [0.1, 0.15) is 11.9 Å². The molecular weight excluding hydrogens is 272 g/mol. The molecule has 0 saturated carbocycles. The van der Waals surface area contributed by atoms with Gasteiger partial charge in [0.05, 0.1) is 20.2 Å². The second-order valence-electron chi connectivity index (χ2n) is 5.19. The zero-order valence-corrected chi connectivity index (χ0v) is 12.5. The smallest absolute Gasteiger partial charge is 0.410 e. The Balaban J connectivity index is 1.85. The highest BCUT2D eigenvalue weighted by molar-refractivity contribution is 5.94. The molecule has 1 unspecified atom stereocenters. The normalized spacial score (nSPS) is 17.8. The van der Waals surface area contributed by atoms with Crippen LogP contribution in [0, 0.1) is 0 Å². The molecule has 1 aliphatic rings. The van der Waals surface area contributed by atoms with Crippen molar-refractivity contribution in [3.63, 3.8) is 0 Å². The minimum atomic E-state index is -0.325. The lowest BCUT2D eigenvalue weighted by Gasteiger charge is -2.16. The van der Waals surface area contributed by atoms with E-state index in [1.165, 1.54) is 0 Å². The molecule has 114 valence electrons. The van der Waals surface area contributed by atoms with E-state index in [4.69, 9.17) is 9.47 Å². The Labute approximate surface area is 124 Å². The van der Waals surface area contributed by atoms with Crippen LogP contribution in [0.1, 0.15) is 24.2 Å². The van der Waals surface area contributed by atoms with E-state index in [0.717, 1.165) is 0 Å². The minimum absolute atomic E-state index is 0.0970. The molecule has 0 bridgehead atoms. The van der Waals surface area contributed by atoms with Gasteiger partial charge in [-0.1, -0.05) is 0 Å². The number of amides is 2. The van der Waals surface area contributed by atoms with Gasteiger partial charge in [-0.25, -0.2) is 4.79 Å². The van der Waals surface area contributed by atoms with Crippen molar-refractivity contribution in [2.45, 2.75) is 26.0 Å². The van der Waals surface area contributed by atoms with Gasteiger partial charge < -0.3 is 19.7 Å². The van der Waals surface area contributed by atoms with E-state index in [1.807, 2.05) is 13.8 Å². The van der Waals surface area contributed by atoms with E-state index in [0.29, 0.717) is 24.4 Å². The minimum Gasteiger partial charge on any atom is -0.497 e. The number of carbonyl (C=O) groups is 2. The van der Waals surface area contributed by atoms with E-state index < -0.39 is 0 Å². The van der Waals surface area contributed by atoms with Gasteiger partial charge in [-0.15, -0.1) is 0 Å². The first-order valence-corrected chi connectivity index (χ1v) is 6.90. The van der Waals surface area contributed by atoms with Gasteiger partial charge in [-0.2, -0.15) is 0 Å². The summed E-state index contributed by atoms with van der Waals surface area (Å²) in [5.41, 5.74) is 0.542. The number of methoxy groups -OCH3 is 1. The Morgan fingerprint density at radius 1 is 1.43 bits per heavy atom. The fourth-order valence-electron chi connectivity index (χ4n) is 2.12. The summed E-state index contributed by atoms with van der Waals surface area (Å²) in [6, 6.07) is 6.93. The van der Waals surface area contributed by atoms with E-state index in [1.54, 1.807) is 36.3 Å². The molecule has 0 aromatic heterocycles. The average Bonchev–Trinajstić information content (AvgIpc) is 2.86. The summed E-state index contributed by atoms with van der Waals surface area (Å²) < 4.78 is 10.3. The Hall–Kier alpha value is -2.24. The molecule has 6 nitrogen and oxygen atoms in total. The summed E-state index contributed by atoms with van der Waals surface area (Å²) in [4.78, 5) is 25.2. The topological polar surface area (TPSA) is 67.9 Å². The number of nitrogens with zero attached hydrogens (tertiary/aromatic N) is 1. The average molecular weight is 292 g/mol. The number of carbonyl (C=O) groups excluding carboxylic acids is 2. The lowest BCUT2D eigenvalue weighted by Crippen LogP contribution is -2.36. The van der Waals surface area contributed by atoms with Crippen LogP contribution in [-0.4, -0.2) is 49.2 Å². The first kappa shape index (κ1) is 15.2. The number of nitrogens with one attached hydrogen (secondary N) is 1. The van der Waals surface area contributed by atoms with Crippen LogP contribution in [0.25, 0.3) is 0 Å². The monoisotopic (exact) mass is 292 g/mol. The third-order valence-electron chi connectivity index (χ3n) is 3.37. The second kappa shape index (κ2) is 6.47. The zero-order chi connectivity index (χ0) is 15.4. The second-order valence-corrected chi connectivity index (χ2v) is 5.19. The summed E-state index contributed by atoms with van der Waals surface area (Å²) in [6.07, 6.45) is -0.629. The standard InChI is InChI=1S/C15H20N2O4/c1-10(2)17-9-13(21-15(17)19)8-16-14(18)11-4-6-12(20-3)7-5-11/h4-7,10,13H,8-9H2,1-3H3,(H,16,18). The number of rotatable bonds is 5. The highest BCUT2D eigenvalue weighted by atomic mass is 16.6. The van der Waals surface area contributed by atoms with Gasteiger partial charge in [-0.3, -0.25) is 4.79 Å². The molecule has 0 aliphatic carbocycles. The molecular formula is C15H20N2O4. The first-order valence-electron chi connectivity index (χ1n) is 6.90. The zero-order valence-electron chi connectivity index (χ0n) is 12.5. The maximum absolute atomic E-state index is 12.0. The van der Waals surface area contributed by atoms with Crippen molar-refractivity contribution in [3.05, 3.63) is 29.8 Å². The predicted molar refractivity (Wildman–Crippen MR) is 77.4 cm³/mol. The number of benzene rings is 1. The van der Waals surface area contributed by atoms with Gasteiger partial charge in [0.25, 0.3) is 5.91 Å². The van der Waals surface area contributed by atoms with Gasteiger partial charge >= 0.3 is 6.09 Å². The molecule has 1 heterocycles. The molecule has 1 atom stereocenters. The van der Waals surface area contributed by atoms with Crippen LogP contribution in [0.3, 0.4) is 0 Å². The predicted octanol–water partition coefficient (Wildman–Crippen LogP) is 1.65. The molecule has 2 rings (SSSR count). The molecule has 6 heteroatoms. The highest BCUT2D eigenvalue weighted by Crippen LogP contribution is 2.14. The van der Waals surface area contributed by atoms with Crippen molar-refractivity contribution in [2.75, 3.05) is 20.2 Å². The molecule has 1 saturated heterocycles. The maximum Gasteiger partial charge on any atom is 0.410 e. The van der Waals surface area contributed by atoms with Gasteiger partial charge in [0.2, 0.25) is 0 Å². The maximum atomic E-state index is 12.0. The van der Waals surface area contributed by atoms with Crippen molar-refractivity contribution >= 4 is 12.0 Å². The Morgan fingerprint density at radius 3 is 2.62 bits per heavy atom. The highest BCUT2D eigenvalue weighted by Gasteiger charge is 2.32. The van der Waals surface area contributed by atoms with E-state index >= 15 is 0 Å². The molecule has 0 radical (unpaired) electrons. The molecule has 21 heavy (non-hydrogen) atoms. The Morgan fingerprint density at radius 2 is 2.10 bits per heavy atom. The van der Waals surface area contributed by atoms with Crippen molar-refractivity contribution in [1.29, 1.82) is 0 Å². The number of hydrogen-bond donors (Lipinski definition) is 1. The quantitative estimate of drug-likeness (QED) is 0.896. The molecule has 1 aromatic carbocycles. The molecule has 1 aliphatic heterocycles. The Kier molecular flexibility index (Phi) is 4.67. The molecule has 1 fully saturated rings. The van der Waals surface area contributed by atoms with Crippen molar-refractivity contribution < 1.29 is 19.1 Å². The van der Waals surface area contributed by atoms with Crippen LogP contribution in [0.15, 0.2) is 24.3 Å². The molecule has 2 amide bonds. The van der Waals surface area contributed by atoms with E-state index in [9.17, 15) is 9.59 Å². The summed E-state index contributed by atoms with van der Waals surface area (Å²) >= 11 is 0. The summed E-state index contributed by atoms with van der Waals surface area (Å²) in [6.45, 7) is 4.67. The van der Waals surface area contributed by atoms with Crippen LogP contribution < -0.4 is 10.1 Å². The molecule has 0 spiro atoms. The lowest BCUT2D eigenvalue weighted by atomic mass is 10.2. The number of cyclic esters (lactones) is 1. The summed E-state index contributed by atoms with van der Waals surface area (Å²) in [7, 11) is 1.57.